The Bertz CT molecular complexity index is 1260. The number of hydrogen-bond acceptors (Lipinski definition) is 5. The molecule has 2 aromatic carbocycles. The average molecular weight is 477 g/mol. The molecule has 0 aliphatic rings. The fourth-order valence-corrected chi connectivity index (χ4v) is 4.76. The average Bonchev–Trinajstić information content (AvgIpc) is 3.42. The molecule has 2 N–H and O–H groups in total. The third-order valence-electron chi connectivity index (χ3n) is 5.11. The molecule has 33 heavy (non-hydrogen) atoms. The minimum atomic E-state index is -0.404. The number of esters is 1. The molecule has 2 heterocycles. The van der Waals surface area contributed by atoms with Crippen molar-refractivity contribution in [3.63, 3.8) is 0 Å². The van der Waals surface area contributed by atoms with E-state index in [1.807, 2.05) is 53.3 Å². The van der Waals surface area contributed by atoms with Crippen LogP contribution in [0.5, 0.6) is 0 Å². The van der Waals surface area contributed by atoms with Crippen LogP contribution in [-0.4, -0.2) is 28.0 Å². The van der Waals surface area contributed by atoms with E-state index in [1.54, 1.807) is 0 Å². The molecular weight excluding hydrogens is 452 g/mol. The number of ether oxygens (including phenoxy) is 1. The van der Waals surface area contributed by atoms with E-state index in [4.69, 9.17) is 17.0 Å². The lowest BCUT2D eigenvalue weighted by molar-refractivity contribution is 0.0602. The summed E-state index contributed by atoms with van der Waals surface area (Å²) >= 11 is 6.96. The second-order valence-corrected chi connectivity index (χ2v) is 9.06. The van der Waals surface area contributed by atoms with Crippen molar-refractivity contribution >= 4 is 45.5 Å². The smallest absolute Gasteiger partial charge is 0.340 e. The molecule has 0 bridgehead atoms. The van der Waals surface area contributed by atoms with Gasteiger partial charge in [0.2, 0.25) is 0 Å². The zero-order valence-corrected chi connectivity index (χ0v) is 20.0. The van der Waals surface area contributed by atoms with Crippen LogP contribution in [0.1, 0.15) is 31.9 Å². The minimum absolute atomic E-state index is 0.356. The molecule has 0 spiro atoms. The number of thiocarbonyl (C=S) groups is 1. The summed E-state index contributed by atoms with van der Waals surface area (Å²) in [6.45, 7) is 2.76. The van der Waals surface area contributed by atoms with Gasteiger partial charge in [0.05, 0.1) is 19.2 Å². The van der Waals surface area contributed by atoms with Gasteiger partial charge < -0.3 is 15.4 Å². The van der Waals surface area contributed by atoms with Crippen LogP contribution in [0.3, 0.4) is 0 Å². The molecule has 0 atom stereocenters. The summed E-state index contributed by atoms with van der Waals surface area (Å²) in [7, 11) is 1.37. The Morgan fingerprint density at radius 3 is 2.61 bits per heavy atom. The fraction of sp³-hybridized carbons (Fsp3) is 0.160. The van der Waals surface area contributed by atoms with Crippen LogP contribution in [0.2, 0.25) is 0 Å². The van der Waals surface area contributed by atoms with E-state index in [2.05, 4.69) is 46.9 Å². The van der Waals surface area contributed by atoms with Crippen molar-refractivity contribution in [2.45, 2.75) is 19.9 Å². The quantitative estimate of drug-likeness (QED) is 0.272. The van der Waals surface area contributed by atoms with Crippen molar-refractivity contribution in [3.8, 4) is 0 Å². The number of benzene rings is 2. The summed E-state index contributed by atoms with van der Waals surface area (Å²) in [5.74, 6) is 0.222. The number of rotatable bonds is 7. The van der Waals surface area contributed by atoms with Crippen molar-refractivity contribution in [1.29, 1.82) is 0 Å². The van der Waals surface area contributed by atoms with Crippen LogP contribution in [0.4, 0.5) is 10.8 Å². The highest BCUT2D eigenvalue weighted by molar-refractivity contribution is 7.80. The number of hydrogen-bond donors (Lipinski definition) is 2. The van der Waals surface area contributed by atoms with Crippen LogP contribution in [0.15, 0.2) is 72.9 Å². The fourth-order valence-electron chi connectivity index (χ4n) is 3.41. The normalized spacial score (nSPS) is 10.6. The molecule has 0 saturated carbocycles. The molecule has 168 valence electrons. The molecule has 2 aromatic heterocycles. The predicted octanol–water partition coefficient (Wildman–Crippen LogP) is 5.49. The topological polar surface area (TPSA) is 68.2 Å². The van der Waals surface area contributed by atoms with Gasteiger partial charge in [0, 0.05) is 23.6 Å². The second-order valence-electron chi connectivity index (χ2n) is 7.51. The zero-order chi connectivity index (χ0) is 23.2. The summed E-state index contributed by atoms with van der Waals surface area (Å²) in [5.41, 5.74) is 4.06. The van der Waals surface area contributed by atoms with Gasteiger partial charge in [0.1, 0.15) is 5.00 Å². The Morgan fingerprint density at radius 1 is 1.09 bits per heavy atom. The minimum Gasteiger partial charge on any atom is -0.465 e. The highest BCUT2D eigenvalue weighted by Gasteiger charge is 2.18. The van der Waals surface area contributed by atoms with Crippen molar-refractivity contribution in [1.82, 2.24) is 9.78 Å². The molecule has 0 unspecified atom stereocenters. The largest absolute Gasteiger partial charge is 0.465 e. The number of aryl methyl sites for hydroxylation is 1. The lowest BCUT2D eigenvalue weighted by Gasteiger charge is -2.09. The molecule has 4 aromatic rings. The molecule has 0 fully saturated rings. The Kier molecular flexibility index (Phi) is 7.16. The summed E-state index contributed by atoms with van der Waals surface area (Å²) < 4.78 is 6.82. The van der Waals surface area contributed by atoms with E-state index < -0.39 is 5.97 Å². The maximum absolute atomic E-state index is 12.3. The number of methoxy groups -OCH3 is 1. The first-order chi connectivity index (χ1) is 16.0. The van der Waals surface area contributed by atoms with Gasteiger partial charge in [-0.25, -0.2) is 4.79 Å². The first-order valence-electron chi connectivity index (χ1n) is 10.4. The van der Waals surface area contributed by atoms with Gasteiger partial charge in [-0.2, -0.15) is 5.10 Å². The third-order valence-corrected chi connectivity index (χ3v) is 6.37. The summed E-state index contributed by atoms with van der Waals surface area (Å²) in [6.07, 6.45) is 2.63. The third kappa shape index (κ3) is 5.85. The van der Waals surface area contributed by atoms with E-state index in [0.29, 0.717) is 28.0 Å². The van der Waals surface area contributed by atoms with E-state index >= 15 is 0 Å². The Hall–Kier alpha value is -3.49. The number of anilines is 2. The van der Waals surface area contributed by atoms with Crippen LogP contribution in [0, 0.1) is 6.92 Å². The number of aromatic nitrogens is 2. The maximum Gasteiger partial charge on any atom is 0.340 e. The van der Waals surface area contributed by atoms with Gasteiger partial charge in [-0.3, -0.25) is 4.68 Å². The van der Waals surface area contributed by atoms with E-state index in [1.165, 1.54) is 35.1 Å². The standard InChI is InChI=1S/C25H24N4O2S2/c1-17-8-6-7-11-19(17)16-29-13-12-22(28-29)26-25(32)27-23-21(24(30)31-2)15-20(33-23)14-18-9-4-3-5-10-18/h3-13,15H,14,16H2,1-2H3,(H2,26,27,28,32). The van der Waals surface area contributed by atoms with Crippen molar-refractivity contribution in [3.05, 3.63) is 100 Å². The van der Waals surface area contributed by atoms with Crippen LogP contribution >= 0.6 is 23.6 Å². The molecule has 8 heteroatoms. The number of nitrogens with one attached hydrogen (secondary N) is 2. The SMILES string of the molecule is COC(=O)c1cc(Cc2ccccc2)sc1NC(=S)Nc1ccn(Cc2ccccc2C)n1. The summed E-state index contributed by atoms with van der Waals surface area (Å²) in [4.78, 5) is 13.3. The lowest BCUT2D eigenvalue weighted by atomic mass is 10.1. The molecule has 0 aliphatic heterocycles. The van der Waals surface area contributed by atoms with E-state index in [0.717, 1.165) is 11.3 Å². The Morgan fingerprint density at radius 2 is 1.85 bits per heavy atom. The number of carbonyl (C=O) groups excluding carboxylic acids is 1. The van der Waals surface area contributed by atoms with Gasteiger partial charge in [-0.15, -0.1) is 11.3 Å². The van der Waals surface area contributed by atoms with Crippen molar-refractivity contribution in [2.24, 2.45) is 0 Å². The predicted molar refractivity (Wildman–Crippen MR) is 137 cm³/mol. The molecular formula is C25H24N4O2S2. The number of thiophene rings is 1. The van der Waals surface area contributed by atoms with Gasteiger partial charge in [-0.05, 0) is 41.9 Å². The van der Waals surface area contributed by atoms with Gasteiger partial charge in [0.25, 0.3) is 0 Å². The number of nitrogens with zero attached hydrogens (tertiary/aromatic N) is 2. The molecule has 0 amide bonds. The highest BCUT2D eigenvalue weighted by atomic mass is 32.1. The van der Waals surface area contributed by atoms with Crippen molar-refractivity contribution in [2.75, 3.05) is 17.7 Å². The van der Waals surface area contributed by atoms with E-state index in [9.17, 15) is 4.79 Å². The van der Waals surface area contributed by atoms with Crippen LogP contribution in [-0.2, 0) is 17.7 Å². The van der Waals surface area contributed by atoms with Crippen LogP contribution in [0.25, 0.3) is 0 Å². The second kappa shape index (κ2) is 10.4. The highest BCUT2D eigenvalue weighted by Crippen LogP contribution is 2.30. The molecule has 6 nitrogen and oxygen atoms in total. The monoisotopic (exact) mass is 476 g/mol. The first kappa shape index (κ1) is 22.7. The summed E-state index contributed by atoms with van der Waals surface area (Å²) in [5, 5.41) is 11.8. The number of carbonyl (C=O) groups is 1. The Balaban J connectivity index is 1.44. The van der Waals surface area contributed by atoms with Gasteiger partial charge in [0.15, 0.2) is 10.9 Å². The molecule has 0 radical (unpaired) electrons. The molecule has 0 aliphatic carbocycles. The first-order valence-corrected chi connectivity index (χ1v) is 11.6. The molecule has 4 rings (SSSR count). The van der Waals surface area contributed by atoms with Gasteiger partial charge in [-0.1, -0.05) is 54.6 Å². The van der Waals surface area contributed by atoms with Crippen molar-refractivity contribution < 1.29 is 9.53 Å². The lowest BCUT2D eigenvalue weighted by Crippen LogP contribution is -2.20. The molecule has 0 saturated heterocycles. The van der Waals surface area contributed by atoms with E-state index in [-0.39, 0.29) is 0 Å². The zero-order valence-electron chi connectivity index (χ0n) is 18.4. The summed E-state index contributed by atoms with van der Waals surface area (Å²) in [6, 6.07) is 22.0. The van der Waals surface area contributed by atoms with Crippen LogP contribution < -0.4 is 10.6 Å². The Labute approximate surface area is 202 Å². The maximum atomic E-state index is 12.3. The van der Waals surface area contributed by atoms with Gasteiger partial charge >= 0.3 is 5.97 Å².